The SMILES string of the molecule is COc1ccccc1NC(=O)c1ccc(C)c(NC2=C(Cl)C(=O)N(C3CCCCC3)C2=O)c1. The van der Waals surface area contributed by atoms with Crippen molar-refractivity contribution < 1.29 is 19.1 Å². The smallest absolute Gasteiger partial charge is 0.279 e. The molecule has 8 heteroatoms. The van der Waals surface area contributed by atoms with E-state index in [1.807, 2.05) is 13.0 Å². The van der Waals surface area contributed by atoms with Crippen molar-refractivity contribution in [2.45, 2.75) is 45.1 Å². The van der Waals surface area contributed by atoms with Gasteiger partial charge in [0.2, 0.25) is 0 Å². The summed E-state index contributed by atoms with van der Waals surface area (Å²) in [5, 5.41) is 5.74. The third-order valence-corrected chi connectivity index (χ3v) is 6.46. The summed E-state index contributed by atoms with van der Waals surface area (Å²) in [4.78, 5) is 40.0. The minimum Gasteiger partial charge on any atom is -0.495 e. The number of carbonyl (C=O) groups is 3. The van der Waals surface area contributed by atoms with Crippen molar-refractivity contribution in [1.29, 1.82) is 0 Å². The summed E-state index contributed by atoms with van der Waals surface area (Å²) in [5.41, 5.74) is 2.31. The largest absolute Gasteiger partial charge is 0.495 e. The molecule has 2 N–H and O–H groups in total. The normalized spacial score (nSPS) is 16.9. The van der Waals surface area contributed by atoms with Crippen molar-refractivity contribution in [2.75, 3.05) is 17.7 Å². The highest BCUT2D eigenvalue weighted by Gasteiger charge is 2.42. The number of para-hydroxylation sites is 2. The molecule has 1 aliphatic carbocycles. The second-order valence-electron chi connectivity index (χ2n) is 8.27. The van der Waals surface area contributed by atoms with Crippen molar-refractivity contribution >= 4 is 40.7 Å². The Labute approximate surface area is 197 Å². The van der Waals surface area contributed by atoms with E-state index >= 15 is 0 Å². The number of amides is 3. The van der Waals surface area contributed by atoms with Crippen molar-refractivity contribution in [2.24, 2.45) is 0 Å². The van der Waals surface area contributed by atoms with Crippen LogP contribution < -0.4 is 15.4 Å². The number of rotatable bonds is 6. The molecule has 4 rings (SSSR count). The standard InChI is InChI=1S/C25H26ClN3O4/c1-15-12-13-16(23(30)28-18-10-6-7-11-20(18)33-2)14-19(15)27-22-21(26)24(31)29(25(22)32)17-8-4-3-5-9-17/h6-7,10-14,17,27H,3-5,8-9H2,1-2H3,(H,28,30). The first-order valence-electron chi connectivity index (χ1n) is 11.0. The van der Waals surface area contributed by atoms with Crippen molar-refractivity contribution in [3.63, 3.8) is 0 Å². The average molecular weight is 468 g/mol. The first-order chi connectivity index (χ1) is 15.9. The number of hydrogen-bond acceptors (Lipinski definition) is 5. The summed E-state index contributed by atoms with van der Waals surface area (Å²) in [6.45, 7) is 1.85. The van der Waals surface area contributed by atoms with Gasteiger partial charge in [-0.15, -0.1) is 0 Å². The van der Waals surface area contributed by atoms with Gasteiger partial charge in [-0.1, -0.05) is 49.1 Å². The monoisotopic (exact) mass is 467 g/mol. The van der Waals surface area contributed by atoms with Crippen LogP contribution in [0, 0.1) is 6.92 Å². The molecule has 0 radical (unpaired) electrons. The number of nitrogens with zero attached hydrogens (tertiary/aromatic N) is 1. The van der Waals surface area contributed by atoms with Crippen LogP contribution in [0.25, 0.3) is 0 Å². The van der Waals surface area contributed by atoms with Gasteiger partial charge in [-0.3, -0.25) is 19.3 Å². The molecule has 1 fully saturated rings. The fourth-order valence-electron chi connectivity index (χ4n) is 4.27. The molecule has 0 bridgehead atoms. The Morgan fingerprint density at radius 3 is 2.48 bits per heavy atom. The maximum absolute atomic E-state index is 13.1. The minimum absolute atomic E-state index is 0.0534. The van der Waals surface area contributed by atoms with Crippen LogP contribution in [0.2, 0.25) is 0 Å². The van der Waals surface area contributed by atoms with Gasteiger partial charge in [-0.25, -0.2) is 0 Å². The van der Waals surface area contributed by atoms with Gasteiger partial charge in [0.1, 0.15) is 16.5 Å². The minimum atomic E-state index is -0.459. The molecule has 0 aromatic heterocycles. The number of benzene rings is 2. The van der Waals surface area contributed by atoms with E-state index in [1.165, 1.54) is 12.0 Å². The topological polar surface area (TPSA) is 87.7 Å². The molecule has 2 aromatic carbocycles. The van der Waals surface area contributed by atoms with Crippen LogP contribution in [0.4, 0.5) is 11.4 Å². The predicted molar refractivity (Wildman–Crippen MR) is 127 cm³/mol. The summed E-state index contributed by atoms with van der Waals surface area (Å²) < 4.78 is 5.29. The number of halogens is 1. The summed E-state index contributed by atoms with van der Waals surface area (Å²) in [6, 6.07) is 12.1. The maximum atomic E-state index is 13.1. The lowest BCUT2D eigenvalue weighted by molar-refractivity contribution is -0.140. The lowest BCUT2D eigenvalue weighted by Crippen LogP contribution is -2.42. The molecule has 1 aliphatic heterocycles. The molecule has 1 saturated carbocycles. The van der Waals surface area contributed by atoms with Crippen LogP contribution >= 0.6 is 11.6 Å². The Balaban J connectivity index is 1.55. The van der Waals surface area contributed by atoms with E-state index < -0.39 is 11.8 Å². The number of carbonyl (C=O) groups excluding carboxylic acids is 3. The molecule has 0 spiro atoms. The molecule has 7 nitrogen and oxygen atoms in total. The van der Waals surface area contributed by atoms with Gasteiger partial charge in [-0.2, -0.15) is 0 Å². The highest BCUT2D eigenvalue weighted by molar-refractivity contribution is 6.48. The molecule has 3 amide bonds. The number of nitrogens with one attached hydrogen (secondary N) is 2. The van der Waals surface area contributed by atoms with Crippen LogP contribution in [0.3, 0.4) is 0 Å². The summed E-state index contributed by atoms with van der Waals surface area (Å²) in [6.07, 6.45) is 4.69. The number of hydrogen-bond donors (Lipinski definition) is 2. The zero-order valence-corrected chi connectivity index (χ0v) is 19.4. The third-order valence-electron chi connectivity index (χ3n) is 6.11. The highest BCUT2D eigenvalue weighted by atomic mass is 35.5. The number of methoxy groups -OCH3 is 1. The Kier molecular flexibility index (Phi) is 6.70. The Bertz CT molecular complexity index is 1140. The second-order valence-corrected chi connectivity index (χ2v) is 8.65. The van der Waals surface area contributed by atoms with E-state index in [-0.39, 0.29) is 22.7 Å². The van der Waals surface area contributed by atoms with Crippen LogP contribution in [0.1, 0.15) is 48.0 Å². The highest BCUT2D eigenvalue weighted by Crippen LogP contribution is 2.33. The van der Waals surface area contributed by atoms with E-state index in [0.29, 0.717) is 22.7 Å². The van der Waals surface area contributed by atoms with Crippen LogP contribution in [0.15, 0.2) is 53.2 Å². The molecule has 2 aromatic rings. The van der Waals surface area contributed by atoms with Gasteiger partial charge >= 0.3 is 0 Å². The molecular formula is C25H26ClN3O4. The quantitative estimate of drug-likeness (QED) is 0.595. The number of ether oxygens (including phenoxy) is 1. The number of anilines is 2. The van der Waals surface area contributed by atoms with E-state index in [4.69, 9.17) is 16.3 Å². The first kappa shape index (κ1) is 22.9. The van der Waals surface area contributed by atoms with E-state index in [1.54, 1.807) is 36.4 Å². The Hall–Kier alpha value is -3.32. The molecular weight excluding hydrogens is 442 g/mol. The zero-order chi connectivity index (χ0) is 23.5. The fraction of sp³-hybridized carbons (Fsp3) is 0.320. The molecule has 0 unspecified atom stereocenters. The average Bonchev–Trinajstić information content (AvgIpc) is 3.04. The van der Waals surface area contributed by atoms with Gasteiger partial charge in [-0.05, 0) is 49.6 Å². The lowest BCUT2D eigenvalue weighted by atomic mass is 9.94. The molecule has 0 atom stereocenters. The van der Waals surface area contributed by atoms with Gasteiger partial charge in [0.25, 0.3) is 17.7 Å². The molecule has 172 valence electrons. The van der Waals surface area contributed by atoms with E-state index in [2.05, 4.69) is 10.6 Å². The molecule has 0 saturated heterocycles. The van der Waals surface area contributed by atoms with Crippen molar-refractivity contribution in [3.8, 4) is 5.75 Å². The van der Waals surface area contributed by atoms with Crippen molar-refractivity contribution in [1.82, 2.24) is 4.90 Å². The number of imide groups is 1. The Morgan fingerprint density at radius 1 is 1.03 bits per heavy atom. The first-order valence-corrected chi connectivity index (χ1v) is 11.4. The van der Waals surface area contributed by atoms with Crippen molar-refractivity contribution in [3.05, 3.63) is 64.3 Å². The van der Waals surface area contributed by atoms with Gasteiger partial charge in [0.05, 0.1) is 12.8 Å². The van der Waals surface area contributed by atoms with Crippen LogP contribution in [-0.2, 0) is 9.59 Å². The van der Waals surface area contributed by atoms with E-state index in [9.17, 15) is 14.4 Å². The molecule has 2 aliphatic rings. The fourth-order valence-corrected chi connectivity index (χ4v) is 4.49. The van der Waals surface area contributed by atoms with E-state index in [0.717, 1.165) is 37.7 Å². The third kappa shape index (κ3) is 4.59. The molecule has 33 heavy (non-hydrogen) atoms. The van der Waals surface area contributed by atoms with Gasteiger partial charge in [0.15, 0.2) is 0 Å². The van der Waals surface area contributed by atoms with Gasteiger partial charge < -0.3 is 15.4 Å². The summed E-state index contributed by atoms with van der Waals surface area (Å²) in [5.74, 6) is -0.662. The number of aryl methyl sites for hydroxylation is 1. The second kappa shape index (κ2) is 9.67. The maximum Gasteiger partial charge on any atom is 0.279 e. The molecule has 1 heterocycles. The zero-order valence-electron chi connectivity index (χ0n) is 18.6. The summed E-state index contributed by atoms with van der Waals surface area (Å²) in [7, 11) is 1.53. The van der Waals surface area contributed by atoms with Gasteiger partial charge in [0, 0.05) is 17.3 Å². The summed E-state index contributed by atoms with van der Waals surface area (Å²) >= 11 is 6.29. The van der Waals surface area contributed by atoms with Crippen LogP contribution in [-0.4, -0.2) is 35.8 Å². The lowest BCUT2D eigenvalue weighted by Gasteiger charge is -2.29. The van der Waals surface area contributed by atoms with Crippen LogP contribution in [0.5, 0.6) is 5.75 Å². The Morgan fingerprint density at radius 2 is 1.76 bits per heavy atom. The predicted octanol–water partition coefficient (Wildman–Crippen LogP) is 4.82.